The molecule has 0 aliphatic heterocycles. The molecule has 0 atom stereocenters. The molecule has 0 N–H and O–H groups in total. The zero-order chi connectivity index (χ0) is 10.1. The normalized spacial score (nSPS) is 10.6. The second kappa shape index (κ2) is 3.26. The molecule has 0 aliphatic carbocycles. The second-order valence-electron chi connectivity index (χ2n) is 2.76. The lowest BCUT2D eigenvalue weighted by molar-refractivity contribution is -0.384. The molecule has 2 aromatic rings. The van der Waals surface area contributed by atoms with Gasteiger partial charge in [-0.3, -0.25) is 10.1 Å². The molecule has 72 valence electrons. The van der Waals surface area contributed by atoms with Gasteiger partial charge in [-0.25, -0.2) is 4.98 Å². The summed E-state index contributed by atoms with van der Waals surface area (Å²) in [6.45, 7) is 0. The van der Waals surface area contributed by atoms with Crippen molar-refractivity contribution in [1.29, 1.82) is 0 Å². The maximum absolute atomic E-state index is 10.5. The van der Waals surface area contributed by atoms with Crippen LogP contribution in [0.1, 0.15) is 0 Å². The Kier molecular flexibility index (Phi) is 2.09. The number of nitro groups is 1. The summed E-state index contributed by atoms with van der Waals surface area (Å²) in [4.78, 5) is 14.1. The van der Waals surface area contributed by atoms with E-state index in [4.69, 9.17) is 11.6 Å². The van der Waals surface area contributed by atoms with Crippen LogP contribution in [0.3, 0.4) is 0 Å². The average Bonchev–Trinajstić information content (AvgIpc) is 2.59. The number of non-ortho nitro benzene ring substituents is 1. The van der Waals surface area contributed by atoms with Crippen LogP contribution >= 0.6 is 11.6 Å². The molecular weight excluding hydrogens is 206 g/mol. The fourth-order valence-corrected chi connectivity index (χ4v) is 1.44. The van der Waals surface area contributed by atoms with Gasteiger partial charge in [0.1, 0.15) is 0 Å². The van der Waals surface area contributed by atoms with Crippen molar-refractivity contribution >= 4 is 28.3 Å². The van der Waals surface area contributed by atoms with Gasteiger partial charge in [-0.05, 0) is 6.07 Å². The third-order valence-electron chi connectivity index (χ3n) is 1.94. The van der Waals surface area contributed by atoms with Crippen LogP contribution in [0.15, 0.2) is 24.5 Å². The van der Waals surface area contributed by atoms with Gasteiger partial charge in [0.15, 0.2) is 0 Å². The molecule has 1 aromatic heterocycles. The van der Waals surface area contributed by atoms with Crippen LogP contribution in [0.4, 0.5) is 5.69 Å². The number of benzene rings is 1. The molecule has 0 aliphatic rings. The number of imidazole rings is 1. The van der Waals surface area contributed by atoms with Crippen LogP contribution in [0.5, 0.6) is 0 Å². The molecular formula is C8H6ClN3O2. The lowest BCUT2D eigenvalue weighted by Crippen LogP contribution is -1.91. The van der Waals surface area contributed by atoms with Gasteiger partial charge in [-0.1, -0.05) is 0 Å². The number of hydrogen-bond donors (Lipinski definition) is 0. The number of nitrogens with zero attached hydrogens (tertiary/aromatic N) is 3. The largest absolute Gasteiger partial charge is 0.316 e. The van der Waals surface area contributed by atoms with Crippen molar-refractivity contribution in [3.63, 3.8) is 0 Å². The fraction of sp³-hybridized carbons (Fsp3) is 0.125. The third kappa shape index (κ3) is 1.31. The number of nitro benzene ring substituents is 1. The zero-order valence-corrected chi connectivity index (χ0v) is 7.81. The number of aromatic nitrogens is 2. The van der Waals surface area contributed by atoms with Gasteiger partial charge < -0.3 is 4.57 Å². The van der Waals surface area contributed by atoms with Gasteiger partial charge in [0.05, 0.1) is 28.3 Å². The van der Waals surface area contributed by atoms with E-state index < -0.39 is 4.92 Å². The van der Waals surface area contributed by atoms with Gasteiger partial charge in [-0.15, -0.1) is 11.6 Å². The van der Waals surface area contributed by atoms with Crippen LogP contribution in [-0.2, 0) is 6.00 Å². The zero-order valence-electron chi connectivity index (χ0n) is 7.05. The van der Waals surface area contributed by atoms with Gasteiger partial charge in [0, 0.05) is 12.1 Å². The number of hydrogen-bond acceptors (Lipinski definition) is 3. The third-order valence-corrected chi connectivity index (χ3v) is 2.20. The Morgan fingerprint density at radius 1 is 1.57 bits per heavy atom. The van der Waals surface area contributed by atoms with Crippen LogP contribution in [0.2, 0.25) is 0 Å². The number of rotatable bonds is 2. The molecule has 6 heteroatoms. The Balaban J connectivity index is 2.67. The Hall–Kier alpha value is -1.62. The van der Waals surface area contributed by atoms with E-state index in [0.29, 0.717) is 11.0 Å². The second-order valence-corrected chi connectivity index (χ2v) is 3.00. The maximum Gasteiger partial charge on any atom is 0.271 e. The predicted molar refractivity (Wildman–Crippen MR) is 52.2 cm³/mol. The summed E-state index contributed by atoms with van der Waals surface area (Å²) in [5.41, 5.74) is 1.43. The van der Waals surface area contributed by atoms with Gasteiger partial charge >= 0.3 is 0 Å². The first-order valence-corrected chi connectivity index (χ1v) is 4.41. The van der Waals surface area contributed by atoms with E-state index in [1.165, 1.54) is 12.1 Å². The van der Waals surface area contributed by atoms with E-state index >= 15 is 0 Å². The number of fused-ring (bicyclic) bond motifs is 1. The minimum atomic E-state index is -0.439. The molecule has 0 amide bonds. The molecule has 1 aromatic carbocycles. The SMILES string of the molecule is O=[N+]([O-])c1ccc2ncn(CCl)c2c1. The highest BCUT2D eigenvalue weighted by molar-refractivity contribution is 6.15. The summed E-state index contributed by atoms with van der Waals surface area (Å²) in [7, 11) is 0. The summed E-state index contributed by atoms with van der Waals surface area (Å²) >= 11 is 5.63. The van der Waals surface area contributed by atoms with E-state index in [1.54, 1.807) is 17.0 Å². The first kappa shape index (κ1) is 8.96. The van der Waals surface area contributed by atoms with Crippen molar-refractivity contribution in [2.24, 2.45) is 0 Å². The van der Waals surface area contributed by atoms with E-state index in [1.807, 2.05) is 0 Å². The van der Waals surface area contributed by atoms with Crippen molar-refractivity contribution in [1.82, 2.24) is 9.55 Å². The van der Waals surface area contributed by atoms with Crippen molar-refractivity contribution < 1.29 is 4.92 Å². The number of alkyl halides is 1. The van der Waals surface area contributed by atoms with Gasteiger partial charge in [0.2, 0.25) is 0 Å². The van der Waals surface area contributed by atoms with Crippen LogP contribution in [0, 0.1) is 10.1 Å². The van der Waals surface area contributed by atoms with Gasteiger partial charge in [-0.2, -0.15) is 0 Å². The van der Waals surface area contributed by atoms with Crippen LogP contribution in [-0.4, -0.2) is 14.5 Å². The van der Waals surface area contributed by atoms with Gasteiger partial charge in [0.25, 0.3) is 5.69 Å². The lowest BCUT2D eigenvalue weighted by Gasteiger charge is -1.96. The molecule has 0 saturated heterocycles. The van der Waals surface area contributed by atoms with E-state index in [9.17, 15) is 10.1 Å². The predicted octanol–water partition coefficient (Wildman–Crippen LogP) is 2.14. The Morgan fingerprint density at radius 3 is 3.00 bits per heavy atom. The molecule has 0 fully saturated rings. The van der Waals surface area contributed by atoms with Crippen molar-refractivity contribution in [2.75, 3.05) is 0 Å². The minimum absolute atomic E-state index is 0.0457. The molecule has 14 heavy (non-hydrogen) atoms. The summed E-state index contributed by atoms with van der Waals surface area (Å²) < 4.78 is 1.64. The number of halogens is 1. The Bertz CT molecular complexity index is 494. The quantitative estimate of drug-likeness (QED) is 0.434. The molecule has 0 unspecified atom stereocenters. The summed E-state index contributed by atoms with van der Waals surface area (Å²) in [5, 5.41) is 10.5. The van der Waals surface area contributed by atoms with Crippen LogP contribution < -0.4 is 0 Å². The Labute approximate surface area is 84.1 Å². The van der Waals surface area contributed by atoms with Crippen molar-refractivity contribution in [3.8, 4) is 0 Å². The maximum atomic E-state index is 10.5. The molecule has 0 spiro atoms. The molecule has 1 heterocycles. The molecule has 0 radical (unpaired) electrons. The Morgan fingerprint density at radius 2 is 2.36 bits per heavy atom. The highest BCUT2D eigenvalue weighted by Crippen LogP contribution is 2.19. The van der Waals surface area contributed by atoms with E-state index in [-0.39, 0.29) is 11.7 Å². The summed E-state index contributed by atoms with van der Waals surface area (Å²) in [6.07, 6.45) is 1.56. The smallest absolute Gasteiger partial charge is 0.271 e. The first-order valence-electron chi connectivity index (χ1n) is 3.87. The monoisotopic (exact) mass is 211 g/mol. The topological polar surface area (TPSA) is 61.0 Å². The lowest BCUT2D eigenvalue weighted by atomic mass is 10.3. The average molecular weight is 212 g/mol. The minimum Gasteiger partial charge on any atom is -0.316 e. The fourth-order valence-electron chi connectivity index (χ4n) is 1.25. The van der Waals surface area contributed by atoms with E-state index in [0.717, 1.165) is 0 Å². The highest BCUT2D eigenvalue weighted by atomic mass is 35.5. The van der Waals surface area contributed by atoms with E-state index in [2.05, 4.69) is 4.98 Å². The standard InChI is InChI=1S/C8H6ClN3O2/c9-4-11-5-10-7-2-1-6(12(13)14)3-8(7)11/h1-3,5H,4H2. The van der Waals surface area contributed by atoms with Crippen molar-refractivity contribution in [3.05, 3.63) is 34.6 Å². The molecule has 5 nitrogen and oxygen atoms in total. The molecule has 2 rings (SSSR count). The van der Waals surface area contributed by atoms with Crippen molar-refractivity contribution in [2.45, 2.75) is 6.00 Å². The summed E-state index contributed by atoms with van der Waals surface area (Å²) in [5.74, 6) is 0. The highest BCUT2D eigenvalue weighted by Gasteiger charge is 2.09. The summed E-state index contributed by atoms with van der Waals surface area (Å²) in [6, 6.07) is 4.73. The molecule has 0 saturated carbocycles. The molecule has 0 bridgehead atoms. The van der Waals surface area contributed by atoms with Crippen LogP contribution in [0.25, 0.3) is 11.0 Å². The first-order chi connectivity index (χ1) is 6.72.